The number of rotatable bonds is 10. The molecule has 0 saturated heterocycles. The molecule has 0 bridgehead atoms. The zero-order valence-electron chi connectivity index (χ0n) is 36.7. The molecule has 9 nitrogen and oxygen atoms in total. The summed E-state index contributed by atoms with van der Waals surface area (Å²) in [5, 5.41) is 32.6. The van der Waals surface area contributed by atoms with Gasteiger partial charge in [0.1, 0.15) is 22.9 Å². The van der Waals surface area contributed by atoms with E-state index in [-0.39, 0.29) is 5.97 Å². The molecular formula is C53H50Cl2N4O5. The van der Waals surface area contributed by atoms with Crippen LogP contribution in [0.15, 0.2) is 158 Å². The number of hydrogen-bond acceptors (Lipinski definition) is 7. The van der Waals surface area contributed by atoms with Gasteiger partial charge >= 0.3 is 5.97 Å². The second-order valence-electron chi connectivity index (χ2n) is 17.0. The van der Waals surface area contributed by atoms with E-state index in [1.807, 2.05) is 155 Å². The van der Waals surface area contributed by atoms with Crippen LogP contribution < -0.4 is 0 Å². The van der Waals surface area contributed by atoms with Gasteiger partial charge in [-0.05, 0) is 136 Å². The zero-order valence-corrected chi connectivity index (χ0v) is 38.2. The number of esters is 1. The van der Waals surface area contributed by atoms with Crippen LogP contribution in [0.1, 0.15) is 68.9 Å². The lowest BCUT2D eigenvalue weighted by Crippen LogP contribution is -2.15. The molecule has 0 aliphatic heterocycles. The highest BCUT2D eigenvalue weighted by Crippen LogP contribution is 2.35. The second kappa shape index (κ2) is 18.4. The van der Waals surface area contributed by atoms with Crippen LogP contribution in [0.4, 0.5) is 0 Å². The van der Waals surface area contributed by atoms with Gasteiger partial charge in [-0.1, -0.05) is 102 Å². The first-order valence-corrected chi connectivity index (χ1v) is 21.4. The van der Waals surface area contributed by atoms with Crippen molar-refractivity contribution in [2.24, 2.45) is 0 Å². The molecule has 326 valence electrons. The fourth-order valence-corrected chi connectivity index (χ4v) is 7.50. The molecule has 64 heavy (non-hydrogen) atoms. The number of aliphatic hydroxyl groups is 3. The SMILES string of the molecule is CC(C)(O)c1cccc(-c2ccc(-n3cc(C(C)(C)O)nc3-c3ccccc3Cl)cc2)c1.COC(=O)c1cccc(-c2ccc(-n3cc(C(C)(C)O)nc3-c3ccccc3Cl)cc2)c1. The van der Waals surface area contributed by atoms with Crippen LogP contribution in [0.3, 0.4) is 0 Å². The van der Waals surface area contributed by atoms with Gasteiger partial charge in [0.05, 0.1) is 39.7 Å². The summed E-state index contributed by atoms with van der Waals surface area (Å²) >= 11 is 12.9. The Labute approximate surface area is 383 Å². The van der Waals surface area contributed by atoms with Crippen LogP contribution in [0.5, 0.6) is 0 Å². The van der Waals surface area contributed by atoms with Crippen molar-refractivity contribution in [3.05, 3.63) is 191 Å². The van der Waals surface area contributed by atoms with E-state index in [9.17, 15) is 20.1 Å². The number of aromatic nitrogens is 4. The molecule has 0 unspecified atom stereocenters. The van der Waals surface area contributed by atoms with E-state index in [1.54, 1.807) is 53.7 Å². The Bertz CT molecular complexity index is 2920. The van der Waals surface area contributed by atoms with Crippen LogP contribution in [0.25, 0.3) is 56.4 Å². The number of benzene rings is 6. The first kappa shape index (κ1) is 45.7. The average Bonchev–Trinajstić information content (AvgIpc) is 3.94. The molecule has 11 heteroatoms. The van der Waals surface area contributed by atoms with Crippen LogP contribution in [0, 0.1) is 0 Å². The van der Waals surface area contributed by atoms with E-state index < -0.39 is 16.8 Å². The summed E-state index contributed by atoms with van der Waals surface area (Å²) in [4.78, 5) is 21.3. The molecular weight excluding hydrogens is 844 g/mol. The highest BCUT2D eigenvalue weighted by atomic mass is 35.5. The van der Waals surface area contributed by atoms with Gasteiger partial charge < -0.3 is 20.1 Å². The Balaban J connectivity index is 0.000000191. The lowest BCUT2D eigenvalue weighted by molar-refractivity contribution is 0.0600. The fraction of sp³-hybridized carbons (Fsp3) is 0.189. The Morgan fingerprint density at radius 3 is 1.34 bits per heavy atom. The Morgan fingerprint density at radius 1 is 0.516 bits per heavy atom. The lowest BCUT2D eigenvalue weighted by Gasteiger charge is -2.18. The zero-order chi connectivity index (χ0) is 46.0. The van der Waals surface area contributed by atoms with Crippen molar-refractivity contribution in [3.8, 4) is 56.4 Å². The van der Waals surface area contributed by atoms with Crippen molar-refractivity contribution in [3.63, 3.8) is 0 Å². The van der Waals surface area contributed by atoms with E-state index in [0.29, 0.717) is 38.6 Å². The molecule has 0 aliphatic rings. The molecule has 0 saturated carbocycles. The number of halogens is 2. The molecule has 2 aromatic heterocycles. The van der Waals surface area contributed by atoms with Gasteiger partial charge in [-0.2, -0.15) is 0 Å². The minimum absolute atomic E-state index is 0.370. The second-order valence-corrected chi connectivity index (χ2v) is 17.8. The highest BCUT2D eigenvalue weighted by Gasteiger charge is 2.25. The topological polar surface area (TPSA) is 123 Å². The van der Waals surface area contributed by atoms with Crippen LogP contribution in [0.2, 0.25) is 10.0 Å². The molecule has 0 fully saturated rings. The quantitative estimate of drug-likeness (QED) is 0.117. The first-order valence-electron chi connectivity index (χ1n) is 20.7. The fourth-order valence-electron chi connectivity index (χ4n) is 7.06. The number of nitrogens with zero attached hydrogens (tertiary/aromatic N) is 4. The lowest BCUT2D eigenvalue weighted by atomic mass is 9.94. The molecule has 8 rings (SSSR count). The predicted octanol–water partition coefficient (Wildman–Crippen LogP) is 12.2. The maximum atomic E-state index is 11.9. The van der Waals surface area contributed by atoms with Gasteiger partial charge in [0, 0.05) is 34.9 Å². The van der Waals surface area contributed by atoms with Crippen molar-refractivity contribution in [2.75, 3.05) is 7.11 Å². The van der Waals surface area contributed by atoms with Crippen LogP contribution >= 0.6 is 23.2 Å². The summed E-state index contributed by atoms with van der Waals surface area (Å²) in [6.07, 6.45) is 3.67. The molecule has 3 N–H and O–H groups in total. The van der Waals surface area contributed by atoms with E-state index in [0.717, 1.165) is 50.3 Å². The van der Waals surface area contributed by atoms with Gasteiger partial charge in [0.25, 0.3) is 0 Å². The maximum Gasteiger partial charge on any atom is 0.337 e. The van der Waals surface area contributed by atoms with Gasteiger partial charge in [-0.3, -0.25) is 9.13 Å². The molecule has 0 spiro atoms. The first-order chi connectivity index (χ1) is 30.3. The third kappa shape index (κ3) is 10.2. The van der Waals surface area contributed by atoms with Gasteiger partial charge in [0.15, 0.2) is 0 Å². The number of methoxy groups -OCH3 is 1. The van der Waals surface area contributed by atoms with Crippen molar-refractivity contribution >= 4 is 29.2 Å². The smallest absolute Gasteiger partial charge is 0.337 e. The Hall–Kier alpha value is -6.33. The number of ether oxygens (including phenoxy) is 1. The third-order valence-electron chi connectivity index (χ3n) is 10.7. The molecule has 0 aliphatic carbocycles. The van der Waals surface area contributed by atoms with Gasteiger partial charge in [-0.25, -0.2) is 14.8 Å². The largest absolute Gasteiger partial charge is 0.465 e. The normalized spacial score (nSPS) is 11.8. The van der Waals surface area contributed by atoms with Crippen molar-refractivity contribution in [1.29, 1.82) is 0 Å². The molecule has 6 aromatic carbocycles. The highest BCUT2D eigenvalue weighted by molar-refractivity contribution is 6.33. The molecule has 0 atom stereocenters. The summed E-state index contributed by atoms with van der Waals surface area (Å²) in [6, 6.07) is 46.3. The monoisotopic (exact) mass is 892 g/mol. The third-order valence-corrected chi connectivity index (χ3v) is 11.4. The van der Waals surface area contributed by atoms with Crippen molar-refractivity contribution < 1.29 is 24.9 Å². The maximum absolute atomic E-state index is 11.9. The van der Waals surface area contributed by atoms with Gasteiger partial charge in [0.2, 0.25) is 0 Å². The van der Waals surface area contributed by atoms with Crippen molar-refractivity contribution in [2.45, 2.75) is 58.3 Å². The summed E-state index contributed by atoms with van der Waals surface area (Å²) in [6.45, 7) is 10.4. The Morgan fingerprint density at radius 2 is 0.938 bits per heavy atom. The van der Waals surface area contributed by atoms with Crippen molar-refractivity contribution in [1.82, 2.24) is 19.1 Å². The summed E-state index contributed by atoms with van der Waals surface area (Å²) in [5.41, 5.74) is 6.69. The van der Waals surface area contributed by atoms with E-state index >= 15 is 0 Å². The van der Waals surface area contributed by atoms with E-state index in [4.69, 9.17) is 32.9 Å². The summed E-state index contributed by atoms with van der Waals surface area (Å²) < 4.78 is 8.69. The predicted molar refractivity (Wildman–Crippen MR) is 256 cm³/mol. The number of carbonyl (C=O) groups excluding carboxylic acids is 1. The minimum Gasteiger partial charge on any atom is -0.465 e. The molecule has 8 aromatic rings. The van der Waals surface area contributed by atoms with E-state index in [2.05, 4.69) is 4.98 Å². The Kier molecular flexibility index (Phi) is 13.1. The van der Waals surface area contributed by atoms with Gasteiger partial charge in [-0.15, -0.1) is 0 Å². The molecule has 2 heterocycles. The number of carbonyl (C=O) groups is 1. The summed E-state index contributed by atoms with van der Waals surface area (Å²) in [7, 11) is 1.37. The average molecular weight is 894 g/mol. The minimum atomic E-state index is -1.10. The summed E-state index contributed by atoms with van der Waals surface area (Å²) in [5.74, 6) is 0.947. The molecule has 0 radical (unpaired) electrons. The van der Waals surface area contributed by atoms with Crippen LogP contribution in [-0.4, -0.2) is 47.5 Å². The standard InChI is InChI=1S/C27H27ClN2O2.C26H23ClN2O3/c1-26(2,31)20-9-7-8-19(16-20)18-12-14-21(15-13-18)30-17-24(27(3,4)32)29-25(30)22-10-5-6-11-23(22)28;1-26(2,31)23-16-29(24(28-23)21-9-4-5-10-22(21)27)20-13-11-17(12-14-20)18-7-6-8-19(15-18)25(30)32-3/h5-17,31-32H,1-4H3;4-16,31H,1-3H3. The van der Waals surface area contributed by atoms with Crippen LogP contribution in [-0.2, 0) is 21.5 Å². The number of hydrogen-bond donors (Lipinski definition) is 3. The number of imidazole rings is 2. The van der Waals surface area contributed by atoms with E-state index in [1.165, 1.54) is 7.11 Å². The molecule has 0 amide bonds.